The Kier molecular flexibility index (Phi) is 10.3. The van der Waals surface area contributed by atoms with Crippen LogP contribution in [-0.4, -0.2) is 60.5 Å². The number of guanidine groups is 1. The number of aliphatic imine (C=N–C) groups is 1. The number of rotatable bonds is 9. The van der Waals surface area contributed by atoms with Crippen LogP contribution in [-0.2, 0) is 20.9 Å². The zero-order valence-corrected chi connectivity index (χ0v) is 20.8. The first-order valence-electron chi connectivity index (χ1n) is 11.2. The first kappa shape index (κ1) is 26.0. The van der Waals surface area contributed by atoms with Crippen LogP contribution in [0.2, 0.25) is 0 Å². The van der Waals surface area contributed by atoms with Gasteiger partial charge in [0.25, 0.3) is 0 Å². The molecular formula is C23H35BrN4O4. The molecule has 1 heterocycles. The fourth-order valence-corrected chi connectivity index (χ4v) is 4.13. The highest BCUT2D eigenvalue weighted by atomic mass is 79.9. The number of nitrogens with zero attached hydrogens (tertiary/aromatic N) is 3. The molecule has 0 unspecified atom stereocenters. The summed E-state index contributed by atoms with van der Waals surface area (Å²) in [5.74, 6) is 0.883. The Morgan fingerprint density at radius 1 is 1.25 bits per heavy atom. The van der Waals surface area contributed by atoms with E-state index in [1.807, 2.05) is 30.1 Å². The molecule has 1 aromatic rings. The van der Waals surface area contributed by atoms with Gasteiger partial charge in [0.2, 0.25) is 5.91 Å². The summed E-state index contributed by atoms with van der Waals surface area (Å²) < 4.78 is 10.9. The number of carbonyl (C=O) groups excluding carboxylic acids is 2. The van der Waals surface area contributed by atoms with Gasteiger partial charge in [-0.25, -0.2) is 4.99 Å². The lowest BCUT2D eigenvalue weighted by molar-refractivity contribution is -0.143. The minimum Gasteiger partial charge on any atom is -0.494 e. The third-order valence-corrected chi connectivity index (χ3v) is 5.92. The number of fused-ring (bicyclic) bond motifs is 1. The highest BCUT2D eigenvalue weighted by Gasteiger charge is 2.22. The van der Waals surface area contributed by atoms with Gasteiger partial charge in [-0.1, -0.05) is 19.3 Å². The molecule has 0 bridgehead atoms. The van der Waals surface area contributed by atoms with E-state index in [0.29, 0.717) is 44.6 Å². The molecule has 0 radical (unpaired) electrons. The molecule has 2 N–H and O–H groups in total. The minimum atomic E-state index is -0.334. The van der Waals surface area contributed by atoms with Gasteiger partial charge in [0.1, 0.15) is 12.3 Å². The molecule has 0 saturated heterocycles. The summed E-state index contributed by atoms with van der Waals surface area (Å²) >= 11 is 0. The second kappa shape index (κ2) is 12.7. The second-order valence-corrected chi connectivity index (χ2v) is 8.17. The average molecular weight is 511 g/mol. The van der Waals surface area contributed by atoms with Crippen LogP contribution in [0.25, 0.3) is 0 Å². The number of nitrogens with two attached hydrogens (primary N) is 1. The lowest BCUT2D eigenvalue weighted by Gasteiger charge is -2.31. The third kappa shape index (κ3) is 7.12. The van der Waals surface area contributed by atoms with E-state index in [1.54, 1.807) is 11.8 Å². The molecule has 178 valence electrons. The molecule has 0 atom stereocenters. The molecule has 0 aromatic heterocycles. The summed E-state index contributed by atoms with van der Waals surface area (Å²) in [7, 11) is 1.93. The van der Waals surface area contributed by atoms with Crippen molar-refractivity contribution in [2.45, 2.75) is 64.5 Å². The minimum absolute atomic E-state index is 0. The van der Waals surface area contributed by atoms with Crippen molar-refractivity contribution in [2.75, 3.05) is 26.8 Å². The van der Waals surface area contributed by atoms with Gasteiger partial charge in [-0.15, -0.1) is 17.0 Å². The largest absolute Gasteiger partial charge is 0.494 e. The van der Waals surface area contributed by atoms with Gasteiger partial charge in [-0.3, -0.25) is 9.59 Å². The molecule has 1 amide bonds. The van der Waals surface area contributed by atoms with Crippen molar-refractivity contribution in [2.24, 2.45) is 10.7 Å². The normalized spacial score (nSPS) is 15.8. The Hall–Kier alpha value is -2.29. The van der Waals surface area contributed by atoms with Crippen LogP contribution in [0.15, 0.2) is 23.2 Å². The van der Waals surface area contributed by atoms with Crippen LogP contribution < -0.4 is 10.5 Å². The van der Waals surface area contributed by atoms with Crippen molar-refractivity contribution in [3.8, 4) is 5.75 Å². The van der Waals surface area contributed by atoms with Crippen molar-refractivity contribution in [3.63, 3.8) is 0 Å². The van der Waals surface area contributed by atoms with E-state index < -0.39 is 0 Å². The monoisotopic (exact) mass is 510 g/mol. The number of hydrogen-bond acceptors (Lipinski definition) is 7. The van der Waals surface area contributed by atoms with E-state index in [2.05, 4.69) is 4.99 Å². The quantitative estimate of drug-likeness (QED) is 0.403. The second-order valence-electron chi connectivity index (χ2n) is 8.17. The first-order valence-corrected chi connectivity index (χ1v) is 11.2. The van der Waals surface area contributed by atoms with E-state index >= 15 is 0 Å². The number of hydrogen-bond donors (Lipinski definition) is 1. The van der Waals surface area contributed by atoms with E-state index in [0.717, 1.165) is 29.8 Å². The van der Waals surface area contributed by atoms with Gasteiger partial charge < -0.3 is 25.0 Å². The van der Waals surface area contributed by atoms with E-state index in [-0.39, 0.29) is 35.4 Å². The van der Waals surface area contributed by atoms with Gasteiger partial charge in [-0.05, 0) is 44.4 Å². The molecule has 1 aliphatic carbocycles. The van der Waals surface area contributed by atoms with Crippen LogP contribution in [0.5, 0.6) is 5.75 Å². The molecule has 8 nitrogen and oxygen atoms in total. The maximum absolute atomic E-state index is 12.4. The van der Waals surface area contributed by atoms with Gasteiger partial charge in [0.05, 0.1) is 18.9 Å². The molecule has 1 saturated carbocycles. The summed E-state index contributed by atoms with van der Waals surface area (Å²) in [6.45, 7) is 3.10. The zero-order chi connectivity index (χ0) is 22.2. The van der Waals surface area contributed by atoms with E-state index in [4.69, 9.17) is 15.2 Å². The Bertz CT molecular complexity index is 811. The lowest BCUT2D eigenvalue weighted by Crippen LogP contribution is -2.42. The summed E-state index contributed by atoms with van der Waals surface area (Å²) in [5, 5.41) is 0. The zero-order valence-electron chi connectivity index (χ0n) is 19.0. The molecular weight excluding hydrogens is 476 g/mol. The maximum Gasteiger partial charge on any atom is 0.325 e. The summed E-state index contributed by atoms with van der Waals surface area (Å²) in [4.78, 5) is 32.2. The summed E-state index contributed by atoms with van der Waals surface area (Å²) in [5.41, 5.74) is 7.69. The number of ether oxygens (including phenoxy) is 2. The highest BCUT2D eigenvalue weighted by molar-refractivity contribution is 8.93. The van der Waals surface area contributed by atoms with Crippen LogP contribution in [0.1, 0.15) is 57.4 Å². The molecule has 1 aliphatic heterocycles. The van der Waals surface area contributed by atoms with Gasteiger partial charge in [0.15, 0.2) is 5.96 Å². The Morgan fingerprint density at radius 3 is 2.72 bits per heavy atom. The predicted octanol–water partition coefficient (Wildman–Crippen LogP) is 3.54. The standard InChI is InChI=1S/C23H34N4O4.BrH/c1-3-30-22(29)16-27-15-17-14-19(11-12-20(17)25-23(27)24)31-13-7-10-21(28)26(2)18-8-5-4-6-9-18;/h11-12,14,18H,3-10,13,15-16H2,1-2H3,(H2,24,25);1H. The van der Waals surface area contributed by atoms with E-state index in [9.17, 15) is 9.59 Å². The smallest absolute Gasteiger partial charge is 0.325 e. The van der Waals surface area contributed by atoms with Crippen molar-refractivity contribution in [1.82, 2.24) is 9.80 Å². The van der Waals surface area contributed by atoms with Gasteiger partial charge in [0, 0.05) is 31.6 Å². The number of amides is 1. The fourth-order valence-electron chi connectivity index (χ4n) is 4.13. The van der Waals surface area contributed by atoms with Crippen molar-refractivity contribution in [3.05, 3.63) is 23.8 Å². The number of carbonyl (C=O) groups is 2. The van der Waals surface area contributed by atoms with Crippen molar-refractivity contribution in [1.29, 1.82) is 0 Å². The molecule has 3 rings (SSSR count). The van der Waals surface area contributed by atoms with Crippen LogP contribution in [0.3, 0.4) is 0 Å². The highest BCUT2D eigenvalue weighted by Crippen LogP contribution is 2.29. The molecule has 2 aliphatic rings. The fraction of sp³-hybridized carbons (Fsp3) is 0.609. The molecule has 9 heteroatoms. The van der Waals surface area contributed by atoms with Crippen LogP contribution >= 0.6 is 17.0 Å². The van der Waals surface area contributed by atoms with Crippen molar-refractivity contribution >= 4 is 40.5 Å². The summed E-state index contributed by atoms with van der Waals surface area (Å²) in [6, 6.07) is 6.03. The molecule has 1 aromatic carbocycles. The van der Waals surface area contributed by atoms with Gasteiger partial charge in [-0.2, -0.15) is 0 Å². The number of halogens is 1. The Labute approximate surface area is 200 Å². The topological polar surface area (TPSA) is 97.5 Å². The Morgan fingerprint density at radius 2 is 2.00 bits per heavy atom. The van der Waals surface area contributed by atoms with Crippen LogP contribution in [0.4, 0.5) is 5.69 Å². The SMILES string of the molecule is Br.CCOC(=O)CN1Cc2cc(OCCCC(=O)N(C)C3CCCCC3)ccc2N=C1N. The van der Waals surface area contributed by atoms with Gasteiger partial charge >= 0.3 is 5.97 Å². The predicted molar refractivity (Wildman–Crippen MR) is 129 cm³/mol. The average Bonchev–Trinajstić information content (AvgIpc) is 2.77. The maximum atomic E-state index is 12.4. The Balaban J connectivity index is 0.00000363. The number of benzene rings is 1. The van der Waals surface area contributed by atoms with Crippen LogP contribution in [0, 0.1) is 0 Å². The first-order chi connectivity index (χ1) is 15.0. The van der Waals surface area contributed by atoms with Crippen molar-refractivity contribution < 1.29 is 19.1 Å². The third-order valence-electron chi connectivity index (χ3n) is 5.92. The lowest BCUT2D eigenvalue weighted by atomic mass is 9.94. The molecule has 0 spiro atoms. The number of esters is 1. The molecule has 32 heavy (non-hydrogen) atoms. The molecule has 1 fully saturated rings. The van der Waals surface area contributed by atoms with E-state index in [1.165, 1.54) is 19.3 Å². The summed E-state index contributed by atoms with van der Waals surface area (Å²) in [6.07, 6.45) is 7.13.